The highest BCUT2D eigenvalue weighted by Crippen LogP contribution is 2.37. The highest BCUT2D eigenvalue weighted by Gasteiger charge is 2.28. The number of fused-ring (bicyclic) bond motifs is 2. The molecular formula is C32H30ClFN4O5. The van der Waals surface area contributed by atoms with Gasteiger partial charge in [-0.1, -0.05) is 23.7 Å². The lowest BCUT2D eigenvalue weighted by atomic mass is 9.79. The number of carboxylic acid groups (broad SMARTS) is 1. The summed E-state index contributed by atoms with van der Waals surface area (Å²) < 4.78 is 32.7. The molecule has 11 heteroatoms. The van der Waals surface area contributed by atoms with Gasteiger partial charge in [-0.25, -0.2) is 19.7 Å². The van der Waals surface area contributed by atoms with Crippen LogP contribution in [0.4, 0.5) is 4.39 Å². The number of aromatic carboxylic acids is 1. The fourth-order valence-electron chi connectivity index (χ4n) is 6.19. The van der Waals surface area contributed by atoms with E-state index >= 15 is 0 Å². The Labute approximate surface area is 251 Å². The molecule has 0 bridgehead atoms. The Bertz CT molecular complexity index is 1810. The number of carboxylic acids is 1. The van der Waals surface area contributed by atoms with Gasteiger partial charge in [-0.15, -0.1) is 0 Å². The summed E-state index contributed by atoms with van der Waals surface area (Å²) in [4.78, 5) is 25.6. The maximum Gasteiger partial charge on any atom is 0.354 e. The number of hydrogen-bond acceptors (Lipinski definition) is 7. The quantitative estimate of drug-likeness (QED) is 0.192. The van der Waals surface area contributed by atoms with Crippen molar-refractivity contribution in [1.29, 1.82) is 0 Å². The fourth-order valence-corrected chi connectivity index (χ4v) is 6.39. The Morgan fingerprint density at radius 2 is 1.91 bits per heavy atom. The second-order valence-electron chi connectivity index (χ2n) is 11.4. The first-order valence-electron chi connectivity index (χ1n) is 14.6. The average Bonchev–Trinajstić information content (AvgIpc) is 3.55. The van der Waals surface area contributed by atoms with Crippen molar-refractivity contribution in [2.45, 2.75) is 63.7 Å². The minimum atomic E-state index is -1.05. The molecule has 9 nitrogen and oxygen atoms in total. The van der Waals surface area contributed by atoms with Gasteiger partial charge in [0, 0.05) is 47.7 Å². The van der Waals surface area contributed by atoms with E-state index < -0.39 is 12.0 Å². The average molecular weight is 605 g/mol. The molecule has 2 fully saturated rings. The zero-order valence-electron chi connectivity index (χ0n) is 23.3. The SMILES string of the molecule is O=C(O)c1ccc2nc(CC3CCC(c4cccc(OCc5ccc(Cl)c6cc(F)oc56)n4)CC3)n(C[C@@H]3CCO3)c2n1. The Kier molecular flexibility index (Phi) is 7.48. The zero-order chi connectivity index (χ0) is 29.5. The number of aromatic nitrogens is 4. The number of rotatable bonds is 9. The number of furan rings is 1. The topological polar surface area (TPSA) is 112 Å². The van der Waals surface area contributed by atoms with Crippen LogP contribution in [0.25, 0.3) is 22.1 Å². The zero-order valence-corrected chi connectivity index (χ0v) is 24.1. The van der Waals surface area contributed by atoms with Crippen LogP contribution < -0.4 is 4.74 Å². The molecular weight excluding hydrogens is 575 g/mol. The van der Waals surface area contributed by atoms with E-state index in [-0.39, 0.29) is 18.4 Å². The van der Waals surface area contributed by atoms with E-state index in [1.807, 2.05) is 18.2 Å². The van der Waals surface area contributed by atoms with Gasteiger partial charge >= 0.3 is 5.97 Å². The van der Waals surface area contributed by atoms with Gasteiger partial charge < -0.3 is 23.6 Å². The van der Waals surface area contributed by atoms with Crippen LogP contribution in [-0.4, -0.2) is 43.3 Å². The highest BCUT2D eigenvalue weighted by atomic mass is 35.5. The Morgan fingerprint density at radius 1 is 1.07 bits per heavy atom. The van der Waals surface area contributed by atoms with Crippen molar-refractivity contribution < 1.29 is 28.2 Å². The monoisotopic (exact) mass is 604 g/mol. The minimum absolute atomic E-state index is 0.0188. The summed E-state index contributed by atoms with van der Waals surface area (Å²) in [6.45, 7) is 1.56. The van der Waals surface area contributed by atoms with Crippen LogP contribution in [0.5, 0.6) is 5.88 Å². The molecule has 1 atom stereocenters. The van der Waals surface area contributed by atoms with Gasteiger partial charge in [0.25, 0.3) is 6.01 Å². The predicted molar refractivity (Wildman–Crippen MR) is 157 cm³/mol. The van der Waals surface area contributed by atoms with Gasteiger partial charge in [-0.3, -0.25) is 0 Å². The first kappa shape index (κ1) is 27.8. The van der Waals surface area contributed by atoms with Crippen molar-refractivity contribution in [3.63, 3.8) is 0 Å². The fraction of sp³-hybridized carbons (Fsp3) is 0.375. The van der Waals surface area contributed by atoms with Crippen LogP contribution in [-0.2, 0) is 24.3 Å². The number of benzene rings is 1. The number of pyridine rings is 2. The Balaban J connectivity index is 1.01. The number of nitrogens with zero attached hydrogens (tertiary/aromatic N) is 4. The van der Waals surface area contributed by atoms with E-state index in [2.05, 4.69) is 9.55 Å². The van der Waals surface area contributed by atoms with Crippen molar-refractivity contribution >= 4 is 39.7 Å². The van der Waals surface area contributed by atoms with Gasteiger partial charge in [0.2, 0.25) is 5.88 Å². The number of halogens is 2. The molecule has 0 unspecified atom stereocenters. The number of carbonyl (C=O) groups is 1. The van der Waals surface area contributed by atoms with Gasteiger partial charge in [0.05, 0.1) is 17.7 Å². The minimum Gasteiger partial charge on any atom is -0.477 e. The molecule has 222 valence electrons. The lowest BCUT2D eigenvalue weighted by molar-refractivity contribution is -0.0591. The van der Waals surface area contributed by atoms with E-state index in [1.54, 1.807) is 18.2 Å². The summed E-state index contributed by atoms with van der Waals surface area (Å²) in [6, 6.07) is 13.1. The summed E-state index contributed by atoms with van der Waals surface area (Å²) in [5.74, 6) is 1.17. The van der Waals surface area contributed by atoms with Crippen LogP contribution in [0, 0.1) is 11.9 Å². The van der Waals surface area contributed by atoms with Crippen LogP contribution in [0.1, 0.15) is 65.6 Å². The van der Waals surface area contributed by atoms with Crippen molar-refractivity contribution in [2.24, 2.45) is 5.92 Å². The van der Waals surface area contributed by atoms with E-state index in [4.69, 9.17) is 35.5 Å². The van der Waals surface area contributed by atoms with Crippen molar-refractivity contribution in [1.82, 2.24) is 19.5 Å². The maximum absolute atomic E-state index is 13.7. The van der Waals surface area contributed by atoms with E-state index in [1.165, 1.54) is 12.1 Å². The third-order valence-corrected chi connectivity index (χ3v) is 8.94. The highest BCUT2D eigenvalue weighted by molar-refractivity contribution is 6.35. The van der Waals surface area contributed by atoms with Gasteiger partial charge in [-0.05, 0) is 62.3 Å². The standard InChI is InChI=1S/C32H30ClFN4O5/c33-23-9-8-20(30-22(23)15-27(34)43-30)17-42-29-3-1-2-24(36-29)19-6-4-18(5-7-19)14-28-35-25-10-11-26(32(39)40)37-31(25)38(28)16-21-12-13-41-21/h1-3,8-11,15,18-19,21H,4-7,12-14,16-17H2,(H,39,40)/t18?,19?,21-/m0/s1. The molecule has 1 aliphatic carbocycles. The first-order chi connectivity index (χ1) is 20.9. The van der Waals surface area contributed by atoms with Crippen molar-refractivity contribution in [3.8, 4) is 5.88 Å². The molecule has 0 radical (unpaired) electrons. The smallest absolute Gasteiger partial charge is 0.354 e. The molecule has 1 saturated carbocycles. The molecule has 0 amide bonds. The third kappa shape index (κ3) is 5.69. The third-order valence-electron chi connectivity index (χ3n) is 8.61. The number of hydrogen-bond donors (Lipinski definition) is 1. The molecule has 1 saturated heterocycles. The molecule has 7 rings (SSSR count). The van der Waals surface area contributed by atoms with Crippen LogP contribution in [0.3, 0.4) is 0 Å². The maximum atomic E-state index is 13.7. The normalized spacial score (nSPS) is 20.4. The van der Waals surface area contributed by atoms with Crippen LogP contribution in [0.15, 0.2) is 52.9 Å². The summed E-state index contributed by atoms with van der Waals surface area (Å²) in [7, 11) is 0. The van der Waals surface area contributed by atoms with Crippen molar-refractivity contribution in [2.75, 3.05) is 6.61 Å². The summed E-state index contributed by atoms with van der Waals surface area (Å²) >= 11 is 6.18. The summed E-state index contributed by atoms with van der Waals surface area (Å²) in [6.07, 6.45) is 5.94. The van der Waals surface area contributed by atoms with Crippen molar-refractivity contribution in [3.05, 3.63) is 82.3 Å². The van der Waals surface area contributed by atoms with Gasteiger partial charge in [0.15, 0.2) is 11.3 Å². The molecule has 1 aromatic carbocycles. The van der Waals surface area contributed by atoms with E-state index in [0.29, 0.717) is 57.0 Å². The first-order valence-corrected chi connectivity index (χ1v) is 15.0. The second-order valence-corrected chi connectivity index (χ2v) is 11.8. The van der Waals surface area contributed by atoms with Crippen LogP contribution >= 0.6 is 11.6 Å². The molecule has 0 spiro atoms. The summed E-state index contributed by atoms with van der Waals surface area (Å²) in [5.41, 5.74) is 3.42. The number of imidazole rings is 1. The summed E-state index contributed by atoms with van der Waals surface area (Å²) in [5, 5.41) is 10.4. The largest absolute Gasteiger partial charge is 0.477 e. The molecule has 2 aliphatic rings. The Morgan fingerprint density at radius 3 is 2.67 bits per heavy atom. The molecule has 4 aromatic heterocycles. The Hall–Kier alpha value is -4.02. The lowest BCUT2D eigenvalue weighted by Crippen LogP contribution is -2.32. The molecule has 5 aromatic rings. The molecule has 43 heavy (non-hydrogen) atoms. The van der Waals surface area contributed by atoms with Gasteiger partial charge in [-0.2, -0.15) is 4.39 Å². The van der Waals surface area contributed by atoms with E-state index in [0.717, 1.165) is 56.7 Å². The predicted octanol–water partition coefficient (Wildman–Crippen LogP) is 6.95. The lowest BCUT2D eigenvalue weighted by Gasteiger charge is -2.30. The second kappa shape index (κ2) is 11.6. The molecule has 1 N–H and O–H groups in total. The number of ether oxygens (including phenoxy) is 2. The molecule has 1 aliphatic heterocycles. The van der Waals surface area contributed by atoms with E-state index in [9.17, 15) is 14.3 Å². The van der Waals surface area contributed by atoms with Gasteiger partial charge in [0.1, 0.15) is 23.5 Å². The molecule has 5 heterocycles. The van der Waals surface area contributed by atoms with Crippen LogP contribution in [0.2, 0.25) is 5.02 Å².